The first-order chi connectivity index (χ1) is 10.5. The van der Waals surface area contributed by atoms with Crippen molar-refractivity contribution in [3.05, 3.63) is 36.8 Å². The fourth-order valence-corrected chi connectivity index (χ4v) is 2.64. The van der Waals surface area contributed by atoms with E-state index in [1.807, 2.05) is 49.6 Å². The van der Waals surface area contributed by atoms with Crippen LogP contribution >= 0.6 is 0 Å². The number of nitrogens with zero attached hydrogens (tertiary/aromatic N) is 3. The highest BCUT2D eigenvalue weighted by Gasteiger charge is 2.30. The summed E-state index contributed by atoms with van der Waals surface area (Å²) in [4.78, 5) is 20.9. The standard InChI is InChI=1S/C17H19N3O2/c1-4-22-16(21)17(2,3)10-20-11-19-14-9-18-13-8-6-5-7-12(13)15(14)20/h5-9,11H,4,10H2,1-3H3. The number of carbonyl (C=O) groups excluding carboxylic acids is 1. The van der Waals surface area contributed by atoms with Crippen LogP contribution in [0.25, 0.3) is 21.9 Å². The van der Waals surface area contributed by atoms with Crippen LogP contribution in [0.2, 0.25) is 0 Å². The zero-order chi connectivity index (χ0) is 15.7. The van der Waals surface area contributed by atoms with Crippen molar-refractivity contribution >= 4 is 27.9 Å². The topological polar surface area (TPSA) is 57.0 Å². The first kappa shape index (κ1) is 14.5. The number of rotatable bonds is 4. The minimum Gasteiger partial charge on any atom is -0.466 e. The van der Waals surface area contributed by atoms with E-state index in [2.05, 4.69) is 9.97 Å². The number of ether oxygens (including phenoxy) is 1. The summed E-state index contributed by atoms with van der Waals surface area (Å²) in [5, 5.41) is 1.04. The fourth-order valence-electron chi connectivity index (χ4n) is 2.64. The molecule has 2 aromatic heterocycles. The van der Waals surface area contributed by atoms with Gasteiger partial charge in [-0.05, 0) is 26.8 Å². The second-order valence-electron chi connectivity index (χ2n) is 5.99. The Bertz CT molecular complexity index is 836. The highest BCUT2D eigenvalue weighted by atomic mass is 16.5. The van der Waals surface area contributed by atoms with Crippen molar-refractivity contribution < 1.29 is 9.53 Å². The average Bonchev–Trinajstić information content (AvgIpc) is 2.90. The van der Waals surface area contributed by atoms with Gasteiger partial charge in [0, 0.05) is 11.9 Å². The second-order valence-corrected chi connectivity index (χ2v) is 5.99. The average molecular weight is 297 g/mol. The van der Waals surface area contributed by atoms with Gasteiger partial charge in [0.2, 0.25) is 0 Å². The molecule has 0 aliphatic rings. The van der Waals surface area contributed by atoms with Gasteiger partial charge in [-0.25, -0.2) is 4.98 Å². The van der Waals surface area contributed by atoms with Crippen LogP contribution in [-0.4, -0.2) is 27.1 Å². The Balaban J connectivity index is 2.08. The highest BCUT2D eigenvalue weighted by molar-refractivity contribution is 6.01. The molecule has 0 aliphatic carbocycles. The number of para-hydroxylation sites is 1. The smallest absolute Gasteiger partial charge is 0.313 e. The molecule has 0 N–H and O–H groups in total. The van der Waals surface area contributed by atoms with Crippen molar-refractivity contribution in [3.63, 3.8) is 0 Å². The minimum absolute atomic E-state index is 0.199. The number of carbonyl (C=O) groups is 1. The minimum atomic E-state index is -0.617. The molecule has 0 unspecified atom stereocenters. The molecule has 0 aliphatic heterocycles. The Labute approximate surface area is 128 Å². The summed E-state index contributed by atoms with van der Waals surface area (Å²) in [5.41, 5.74) is 2.14. The van der Waals surface area contributed by atoms with Crippen molar-refractivity contribution in [3.8, 4) is 0 Å². The number of benzene rings is 1. The van der Waals surface area contributed by atoms with Crippen LogP contribution in [0.3, 0.4) is 0 Å². The summed E-state index contributed by atoms with van der Waals surface area (Å²) < 4.78 is 7.18. The van der Waals surface area contributed by atoms with E-state index in [1.165, 1.54) is 0 Å². The van der Waals surface area contributed by atoms with Gasteiger partial charge < -0.3 is 9.30 Å². The number of esters is 1. The number of hydrogen-bond acceptors (Lipinski definition) is 4. The molecule has 5 nitrogen and oxygen atoms in total. The molecule has 2 heterocycles. The van der Waals surface area contributed by atoms with Crippen molar-refractivity contribution in [2.24, 2.45) is 5.41 Å². The summed E-state index contributed by atoms with van der Waals surface area (Å²) >= 11 is 0. The molecule has 3 rings (SSSR count). The lowest BCUT2D eigenvalue weighted by molar-refractivity contribution is -0.154. The molecule has 0 atom stereocenters. The lowest BCUT2D eigenvalue weighted by Gasteiger charge is -2.23. The molecule has 1 aromatic carbocycles. The van der Waals surface area contributed by atoms with Gasteiger partial charge in [0.1, 0.15) is 5.52 Å². The molecule has 0 saturated heterocycles. The lowest BCUT2D eigenvalue weighted by Crippen LogP contribution is -2.31. The molecule has 0 fully saturated rings. The van der Waals surface area contributed by atoms with Crippen LogP contribution in [-0.2, 0) is 16.1 Å². The summed E-state index contributed by atoms with van der Waals surface area (Å²) in [6, 6.07) is 7.95. The third kappa shape index (κ3) is 2.43. The van der Waals surface area contributed by atoms with E-state index in [1.54, 1.807) is 12.5 Å². The van der Waals surface area contributed by atoms with Gasteiger partial charge in [-0.1, -0.05) is 18.2 Å². The van der Waals surface area contributed by atoms with Crippen LogP contribution in [0.15, 0.2) is 36.8 Å². The third-order valence-electron chi connectivity index (χ3n) is 3.74. The van der Waals surface area contributed by atoms with Crippen LogP contribution in [0.4, 0.5) is 0 Å². The van der Waals surface area contributed by atoms with E-state index in [0.29, 0.717) is 13.2 Å². The maximum absolute atomic E-state index is 12.1. The molecule has 5 heteroatoms. The summed E-state index contributed by atoms with van der Waals surface area (Å²) in [6.45, 7) is 6.50. The number of pyridine rings is 1. The van der Waals surface area contributed by atoms with Crippen molar-refractivity contribution in [2.75, 3.05) is 6.61 Å². The van der Waals surface area contributed by atoms with Gasteiger partial charge >= 0.3 is 5.97 Å². The molecule has 3 aromatic rings. The van der Waals surface area contributed by atoms with E-state index in [-0.39, 0.29) is 5.97 Å². The van der Waals surface area contributed by atoms with Gasteiger partial charge in [-0.2, -0.15) is 0 Å². The molecule has 0 amide bonds. The Morgan fingerprint density at radius 2 is 2.00 bits per heavy atom. The monoisotopic (exact) mass is 297 g/mol. The molecule has 114 valence electrons. The maximum Gasteiger partial charge on any atom is 0.313 e. The Morgan fingerprint density at radius 1 is 1.23 bits per heavy atom. The van der Waals surface area contributed by atoms with Gasteiger partial charge in [0.15, 0.2) is 0 Å². The highest BCUT2D eigenvalue weighted by Crippen LogP contribution is 2.27. The van der Waals surface area contributed by atoms with Crippen molar-refractivity contribution in [1.29, 1.82) is 0 Å². The van der Waals surface area contributed by atoms with Gasteiger partial charge in [-0.3, -0.25) is 9.78 Å². The van der Waals surface area contributed by atoms with E-state index in [9.17, 15) is 4.79 Å². The first-order valence-electron chi connectivity index (χ1n) is 7.39. The van der Waals surface area contributed by atoms with Crippen LogP contribution in [0.5, 0.6) is 0 Å². The zero-order valence-electron chi connectivity index (χ0n) is 13.0. The Morgan fingerprint density at radius 3 is 2.77 bits per heavy atom. The predicted octanol–water partition coefficient (Wildman–Crippen LogP) is 3.17. The molecular weight excluding hydrogens is 278 g/mol. The SMILES string of the molecule is CCOC(=O)C(C)(C)Cn1cnc2cnc3ccccc3c21. The van der Waals surface area contributed by atoms with Crippen LogP contribution < -0.4 is 0 Å². The largest absolute Gasteiger partial charge is 0.466 e. The number of fused-ring (bicyclic) bond motifs is 3. The van der Waals surface area contributed by atoms with Gasteiger partial charge in [-0.15, -0.1) is 0 Å². The number of hydrogen-bond donors (Lipinski definition) is 0. The van der Waals surface area contributed by atoms with Gasteiger partial charge in [0.25, 0.3) is 0 Å². The Kier molecular flexibility index (Phi) is 3.56. The summed E-state index contributed by atoms with van der Waals surface area (Å²) in [6.07, 6.45) is 3.53. The first-order valence-corrected chi connectivity index (χ1v) is 7.39. The predicted molar refractivity (Wildman–Crippen MR) is 85.4 cm³/mol. The molecule has 0 spiro atoms. The van der Waals surface area contributed by atoms with E-state index < -0.39 is 5.41 Å². The molecular formula is C17H19N3O2. The summed E-state index contributed by atoms with van der Waals surface area (Å²) in [7, 11) is 0. The molecule has 22 heavy (non-hydrogen) atoms. The molecule has 0 bridgehead atoms. The van der Waals surface area contributed by atoms with Crippen molar-refractivity contribution in [1.82, 2.24) is 14.5 Å². The number of imidazole rings is 1. The molecule has 0 saturated carbocycles. The third-order valence-corrected chi connectivity index (χ3v) is 3.74. The van der Waals surface area contributed by atoms with Crippen LogP contribution in [0, 0.1) is 5.41 Å². The second kappa shape index (κ2) is 5.40. The summed E-state index contributed by atoms with van der Waals surface area (Å²) in [5.74, 6) is -0.199. The van der Waals surface area contributed by atoms with Crippen LogP contribution in [0.1, 0.15) is 20.8 Å². The fraction of sp³-hybridized carbons (Fsp3) is 0.353. The normalized spacial score (nSPS) is 12.0. The maximum atomic E-state index is 12.1. The Hall–Kier alpha value is -2.43. The van der Waals surface area contributed by atoms with E-state index >= 15 is 0 Å². The zero-order valence-corrected chi connectivity index (χ0v) is 13.0. The van der Waals surface area contributed by atoms with E-state index in [4.69, 9.17) is 4.74 Å². The van der Waals surface area contributed by atoms with E-state index in [0.717, 1.165) is 21.9 Å². The van der Waals surface area contributed by atoms with Gasteiger partial charge in [0.05, 0.1) is 35.6 Å². The lowest BCUT2D eigenvalue weighted by atomic mass is 9.93. The quantitative estimate of drug-likeness (QED) is 0.694. The number of aromatic nitrogens is 3. The molecule has 0 radical (unpaired) electrons. The van der Waals surface area contributed by atoms with Crippen molar-refractivity contribution in [2.45, 2.75) is 27.3 Å².